The number of ether oxygens (including phenoxy) is 1. The van der Waals surface area contributed by atoms with Gasteiger partial charge in [-0.25, -0.2) is 4.39 Å². The van der Waals surface area contributed by atoms with Gasteiger partial charge in [0.1, 0.15) is 11.6 Å². The van der Waals surface area contributed by atoms with Crippen molar-refractivity contribution in [3.8, 4) is 5.75 Å². The number of hydrogen-bond acceptors (Lipinski definition) is 2. The minimum atomic E-state index is -2.90. The van der Waals surface area contributed by atoms with E-state index < -0.39 is 18.3 Å². The number of alkyl halides is 2. The van der Waals surface area contributed by atoms with Crippen LogP contribution in [0.3, 0.4) is 0 Å². The lowest BCUT2D eigenvalue weighted by Crippen LogP contribution is -2.26. The van der Waals surface area contributed by atoms with E-state index in [0.717, 1.165) is 12.1 Å². The Morgan fingerprint density at radius 2 is 1.79 bits per heavy atom. The van der Waals surface area contributed by atoms with Crippen LogP contribution >= 0.6 is 23.2 Å². The molecular formula is C16H12Cl2F3NO2. The number of halogens is 5. The molecule has 0 fully saturated rings. The topological polar surface area (TPSA) is 29.5 Å². The second-order valence-electron chi connectivity index (χ2n) is 4.93. The molecule has 0 bridgehead atoms. The number of carbonyl (C=O) groups is 1. The molecular weight excluding hydrogens is 366 g/mol. The van der Waals surface area contributed by atoms with Crippen LogP contribution in [-0.4, -0.2) is 24.5 Å². The van der Waals surface area contributed by atoms with Gasteiger partial charge in [-0.2, -0.15) is 8.78 Å². The van der Waals surface area contributed by atoms with E-state index >= 15 is 0 Å². The predicted molar refractivity (Wildman–Crippen MR) is 85.3 cm³/mol. The molecule has 8 heteroatoms. The number of carbonyl (C=O) groups excluding carboxylic acids is 1. The molecule has 0 saturated carbocycles. The van der Waals surface area contributed by atoms with Gasteiger partial charge in [0.05, 0.1) is 15.6 Å². The third kappa shape index (κ3) is 4.55. The zero-order valence-corrected chi connectivity index (χ0v) is 13.9. The van der Waals surface area contributed by atoms with Crippen LogP contribution in [0.1, 0.15) is 15.9 Å². The summed E-state index contributed by atoms with van der Waals surface area (Å²) in [6.07, 6.45) is 0. The second-order valence-corrected chi connectivity index (χ2v) is 5.74. The molecule has 0 N–H and O–H groups in total. The molecule has 0 heterocycles. The fourth-order valence-electron chi connectivity index (χ4n) is 2.01. The van der Waals surface area contributed by atoms with Crippen molar-refractivity contribution in [2.75, 3.05) is 7.05 Å². The van der Waals surface area contributed by atoms with Gasteiger partial charge < -0.3 is 9.64 Å². The molecule has 2 rings (SSSR count). The average molecular weight is 378 g/mol. The highest BCUT2D eigenvalue weighted by Gasteiger charge is 2.18. The van der Waals surface area contributed by atoms with Crippen LogP contribution in [0.15, 0.2) is 36.4 Å². The molecule has 2 aromatic carbocycles. The molecule has 24 heavy (non-hydrogen) atoms. The largest absolute Gasteiger partial charge is 0.435 e. The van der Waals surface area contributed by atoms with Crippen LogP contribution in [0, 0.1) is 5.82 Å². The van der Waals surface area contributed by atoms with E-state index in [-0.39, 0.29) is 27.9 Å². The molecule has 3 nitrogen and oxygen atoms in total. The fraction of sp³-hybridized carbons (Fsp3) is 0.188. The Labute approximate surface area is 146 Å². The van der Waals surface area contributed by atoms with Crippen molar-refractivity contribution < 1.29 is 22.7 Å². The summed E-state index contributed by atoms with van der Waals surface area (Å²) in [6.45, 7) is -2.73. The first-order chi connectivity index (χ1) is 11.3. The Kier molecular flexibility index (Phi) is 5.96. The first-order valence-electron chi connectivity index (χ1n) is 6.71. The van der Waals surface area contributed by atoms with Gasteiger partial charge >= 0.3 is 6.61 Å². The molecule has 128 valence electrons. The highest BCUT2D eigenvalue weighted by atomic mass is 35.5. The lowest BCUT2D eigenvalue weighted by atomic mass is 10.1. The SMILES string of the molecule is CN(Cc1ccc(OC(F)F)cc1)C(=O)c1cc(F)c(Cl)cc1Cl. The van der Waals surface area contributed by atoms with E-state index in [0.29, 0.717) is 5.56 Å². The predicted octanol–water partition coefficient (Wildman–Crippen LogP) is 5.01. The monoisotopic (exact) mass is 377 g/mol. The summed E-state index contributed by atoms with van der Waals surface area (Å²) in [5, 5.41) is -0.132. The zero-order valence-electron chi connectivity index (χ0n) is 12.4. The summed E-state index contributed by atoms with van der Waals surface area (Å²) >= 11 is 11.5. The number of hydrogen-bond donors (Lipinski definition) is 0. The summed E-state index contributed by atoms with van der Waals surface area (Å²) in [4.78, 5) is 13.7. The van der Waals surface area contributed by atoms with E-state index in [9.17, 15) is 18.0 Å². The van der Waals surface area contributed by atoms with E-state index in [1.165, 1.54) is 24.1 Å². The Hall–Kier alpha value is -1.92. The molecule has 1 amide bonds. The molecule has 0 aliphatic rings. The van der Waals surface area contributed by atoms with E-state index in [1.807, 2.05) is 0 Å². The van der Waals surface area contributed by atoms with Crippen molar-refractivity contribution in [3.63, 3.8) is 0 Å². The fourth-order valence-corrected chi connectivity index (χ4v) is 2.48. The molecule has 0 saturated heterocycles. The van der Waals surface area contributed by atoms with Gasteiger partial charge in [-0.3, -0.25) is 4.79 Å². The molecule has 0 atom stereocenters. The number of benzene rings is 2. The van der Waals surface area contributed by atoms with Crippen molar-refractivity contribution in [1.29, 1.82) is 0 Å². The quantitative estimate of drug-likeness (QED) is 0.685. The summed E-state index contributed by atoms with van der Waals surface area (Å²) in [5.41, 5.74) is 0.664. The maximum absolute atomic E-state index is 13.5. The van der Waals surface area contributed by atoms with Gasteiger partial charge in [0.2, 0.25) is 0 Å². The van der Waals surface area contributed by atoms with Gasteiger partial charge in [-0.05, 0) is 29.8 Å². The highest BCUT2D eigenvalue weighted by molar-refractivity contribution is 6.36. The third-order valence-corrected chi connectivity index (χ3v) is 3.76. The molecule has 0 radical (unpaired) electrons. The van der Waals surface area contributed by atoms with E-state index in [2.05, 4.69) is 4.74 Å². The first-order valence-corrected chi connectivity index (χ1v) is 7.47. The average Bonchev–Trinajstić information content (AvgIpc) is 2.51. The number of nitrogens with zero attached hydrogens (tertiary/aromatic N) is 1. The summed E-state index contributed by atoms with van der Waals surface area (Å²) in [6, 6.07) is 7.97. The van der Waals surface area contributed by atoms with Crippen LogP contribution in [0.2, 0.25) is 10.0 Å². The Bertz CT molecular complexity index is 739. The Morgan fingerprint density at radius 3 is 2.38 bits per heavy atom. The number of rotatable bonds is 5. The summed E-state index contributed by atoms with van der Waals surface area (Å²) < 4.78 is 42.0. The molecule has 0 spiro atoms. The summed E-state index contributed by atoms with van der Waals surface area (Å²) in [7, 11) is 1.51. The van der Waals surface area contributed by atoms with Crippen LogP contribution < -0.4 is 4.74 Å². The van der Waals surface area contributed by atoms with Crippen molar-refractivity contribution in [3.05, 3.63) is 63.4 Å². The molecule has 0 aliphatic carbocycles. The lowest BCUT2D eigenvalue weighted by Gasteiger charge is -2.18. The molecule has 2 aromatic rings. The van der Waals surface area contributed by atoms with Gasteiger partial charge in [-0.15, -0.1) is 0 Å². The van der Waals surface area contributed by atoms with Crippen LogP contribution in [0.5, 0.6) is 5.75 Å². The maximum Gasteiger partial charge on any atom is 0.387 e. The standard InChI is InChI=1S/C16H12Cl2F3NO2/c1-22(8-9-2-4-10(5-3-9)24-16(20)21)15(23)11-6-14(19)13(18)7-12(11)17/h2-7,16H,8H2,1H3. The van der Waals surface area contributed by atoms with Gasteiger partial charge in [0.25, 0.3) is 5.91 Å². The zero-order chi connectivity index (χ0) is 17.9. The molecule has 0 unspecified atom stereocenters. The van der Waals surface area contributed by atoms with Gasteiger partial charge in [0.15, 0.2) is 0 Å². The Morgan fingerprint density at radius 1 is 1.17 bits per heavy atom. The van der Waals surface area contributed by atoms with E-state index in [4.69, 9.17) is 23.2 Å². The van der Waals surface area contributed by atoms with Crippen molar-refractivity contribution in [2.45, 2.75) is 13.2 Å². The summed E-state index contributed by atoms with van der Waals surface area (Å²) in [5.74, 6) is -1.22. The third-order valence-electron chi connectivity index (χ3n) is 3.16. The van der Waals surface area contributed by atoms with Crippen LogP contribution in [0.25, 0.3) is 0 Å². The second kappa shape index (κ2) is 7.77. The van der Waals surface area contributed by atoms with Crippen molar-refractivity contribution >= 4 is 29.1 Å². The molecule has 0 aromatic heterocycles. The van der Waals surface area contributed by atoms with Gasteiger partial charge in [0, 0.05) is 13.6 Å². The maximum atomic E-state index is 13.5. The highest BCUT2D eigenvalue weighted by Crippen LogP contribution is 2.25. The van der Waals surface area contributed by atoms with Crippen LogP contribution in [0.4, 0.5) is 13.2 Å². The normalized spacial score (nSPS) is 10.8. The first kappa shape index (κ1) is 18.4. The Balaban J connectivity index is 2.10. The minimum absolute atomic E-state index is 0.0151. The lowest BCUT2D eigenvalue weighted by molar-refractivity contribution is -0.0498. The van der Waals surface area contributed by atoms with E-state index in [1.54, 1.807) is 12.1 Å². The number of amides is 1. The smallest absolute Gasteiger partial charge is 0.387 e. The van der Waals surface area contributed by atoms with Gasteiger partial charge in [-0.1, -0.05) is 35.3 Å². The minimum Gasteiger partial charge on any atom is -0.435 e. The molecule has 0 aliphatic heterocycles. The van der Waals surface area contributed by atoms with Crippen LogP contribution in [-0.2, 0) is 6.54 Å². The van der Waals surface area contributed by atoms with Crippen molar-refractivity contribution in [1.82, 2.24) is 4.90 Å². The van der Waals surface area contributed by atoms with Crippen molar-refractivity contribution in [2.24, 2.45) is 0 Å².